The number of aryl methyl sites for hydroxylation is 3. The molecule has 19 heavy (non-hydrogen) atoms. The van der Waals surface area contributed by atoms with Crippen LogP contribution in [0.3, 0.4) is 0 Å². The van der Waals surface area contributed by atoms with Gasteiger partial charge in [-0.05, 0) is 31.9 Å². The minimum absolute atomic E-state index is 0.202. The van der Waals surface area contributed by atoms with E-state index in [0.29, 0.717) is 23.6 Å². The Bertz CT molecular complexity index is 613. The number of hydrogen-bond donors (Lipinski definition) is 1. The number of aromatic carboxylic acids is 1. The lowest BCUT2D eigenvalue weighted by Crippen LogP contribution is -2.10. The van der Waals surface area contributed by atoms with Gasteiger partial charge in [0.15, 0.2) is 0 Å². The van der Waals surface area contributed by atoms with Crippen molar-refractivity contribution in [3.8, 4) is 0 Å². The van der Waals surface area contributed by atoms with Crippen LogP contribution in [0.15, 0.2) is 24.3 Å². The Kier molecular flexibility index (Phi) is 3.60. The largest absolute Gasteiger partial charge is 0.478 e. The van der Waals surface area contributed by atoms with Gasteiger partial charge in [0, 0.05) is 6.42 Å². The summed E-state index contributed by atoms with van der Waals surface area (Å²) in [6.45, 7) is 5.46. The zero-order valence-corrected chi connectivity index (χ0v) is 11.3. The topological polar surface area (TPSA) is 63.1 Å². The lowest BCUT2D eigenvalue weighted by Gasteiger charge is -2.09. The van der Waals surface area contributed by atoms with Crippen LogP contribution in [0.2, 0.25) is 0 Å². The van der Waals surface area contributed by atoms with Crippen LogP contribution in [0.5, 0.6) is 0 Å². The zero-order valence-electron chi connectivity index (χ0n) is 11.3. The molecule has 98 valence electrons. The number of benzene rings is 1. The molecule has 0 saturated heterocycles. The average Bonchev–Trinajstić information content (AvgIpc) is 2.30. The summed E-state index contributed by atoms with van der Waals surface area (Å²) in [5, 5.41) is 9.09. The quantitative estimate of drug-likeness (QED) is 0.917. The van der Waals surface area contributed by atoms with Gasteiger partial charge in [-0.25, -0.2) is 14.8 Å². The molecule has 4 heteroatoms. The molecule has 0 unspecified atom stereocenters. The van der Waals surface area contributed by atoms with E-state index in [4.69, 9.17) is 5.11 Å². The van der Waals surface area contributed by atoms with Gasteiger partial charge in [0.25, 0.3) is 0 Å². The maximum atomic E-state index is 11.1. The minimum Gasteiger partial charge on any atom is -0.478 e. The summed E-state index contributed by atoms with van der Waals surface area (Å²) < 4.78 is 0. The van der Waals surface area contributed by atoms with E-state index >= 15 is 0 Å². The van der Waals surface area contributed by atoms with E-state index in [-0.39, 0.29) is 5.56 Å². The van der Waals surface area contributed by atoms with E-state index in [9.17, 15) is 4.79 Å². The van der Waals surface area contributed by atoms with Crippen LogP contribution < -0.4 is 0 Å². The second-order valence-electron chi connectivity index (χ2n) is 4.59. The smallest absolute Gasteiger partial charge is 0.339 e. The van der Waals surface area contributed by atoms with Crippen molar-refractivity contribution < 1.29 is 9.90 Å². The van der Waals surface area contributed by atoms with E-state index in [1.54, 1.807) is 13.8 Å². The third-order valence-electron chi connectivity index (χ3n) is 3.14. The van der Waals surface area contributed by atoms with Gasteiger partial charge in [0.1, 0.15) is 11.4 Å². The third kappa shape index (κ3) is 2.78. The first-order valence-electron chi connectivity index (χ1n) is 6.11. The van der Waals surface area contributed by atoms with Crippen LogP contribution >= 0.6 is 0 Å². The third-order valence-corrected chi connectivity index (χ3v) is 3.14. The van der Waals surface area contributed by atoms with Crippen molar-refractivity contribution in [2.75, 3.05) is 0 Å². The first-order chi connectivity index (χ1) is 8.99. The monoisotopic (exact) mass is 256 g/mol. The van der Waals surface area contributed by atoms with Crippen molar-refractivity contribution in [3.05, 3.63) is 58.2 Å². The van der Waals surface area contributed by atoms with Crippen molar-refractivity contribution in [1.82, 2.24) is 9.97 Å². The van der Waals surface area contributed by atoms with Crippen LogP contribution in [-0.4, -0.2) is 21.0 Å². The Balaban J connectivity index is 2.38. The van der Waals surface area contributed by atoms with E-state index in [1.807, 2.05) is 31.2 Å². The lowest BCUT2D eigenvalue weighted by molar-refractivity contribution is 0.0694. The number of carbonyl (C=O) groups is 1. The van der Waals surface area contributed by atoms with Gasteiger partial charge in [-0.2, -0.15) is 0 Å². The summed E-state index contributed by atoms with van der Waals surface area (Å²) in [5.41, 5.74) is 3.58. The molecular weight excluding hydrogens is 240 g/mol. The van der Waals surface area contributed by atoms with Crippen molar-refractivity contribution in [2.45, 2.75) is 27.2 Å². The number of nitrogens with zero attached hydrogens (tertiary/aromatic N) is 2. The van der Waals surface area contributed by atoms with Gasteiger partial charge < -0.3 is 5.11 Å². The van der Waals surface area contributed by atoms with E-state index in [0.717, 1.165) is 5.56 Å². The molecule has 1 heterocycles. The molecule has 0 aliphatic rings. The standard InChI is InChI=1S/C15H16N2O2/c1-9-6-4-5-7-12(9)8-13-16-10(2)14(15(18)19)11(3)17-13/h4-7H,8H2,1-3H3,(H,18,19). The summed E-state index contributed by atoms with van der Waals surface area (Å²) in [6.07, 6.45) is 0.619. The molecule has 0 aliphatic heterocycles. The maximum absolute atomic E-state index is 11.1. The molecule has 0 aliphatic carbocycles. The summed E-state index contributed by atoms with van der Waals surface area (Å²) >= 11 is 0. The first kappa shape index (κ1) is 13.2. The van der Waals surface area contributed by atoms with Crippen molar-refractivity contribution in [1.29, 1.82) is 0 Å². The van der Waals surface area contributed by atoms with Crippen LogP contribution in [0, 0.1) is 20.8 Å². The molecule has 0 saturated carbocycles. The van der Waals surface area contributed by atoms with Crippen molar-refractivity contribution in [2.24, 2.45) is 0 Å². The average molecular weight is 256 g/mol. The van der Waals surface area contributed by atoms with E-state index in [1.165, 1.54) is 5.56 Å². The fraction of sp³-hybridized carbons (Fsp3) is 0.267. The molecule has 0 bridgehead atoms. The van der Waals surface area contributed by atoms with Gasteiger partial charge in [-0.1, -0.05) is 24.3 Å². The molecule has 1 aromatic heterocycles. The normalized spacial score (nSPS) is 10.5. The van der Waals surface area contributed by atoms with Gasteiger partial charge in [-0.3, -0.25) is 0 Å². The molecule has 4 nitrogen and oxygen atoms in total. The summed E-state index contributed by atoms with van der Waals surface area (Å²) in [7, 11) is 0. The molecule has 0 amide bonds. The molecule has 2 rings (SSSR count). The van der Waals surface area contributed by atoms with Crippen LogP contribution in [0.4, 0.5) is 0 Å². The van der Waals surface area contributed by atoms with E-state index < -0.39 is 5.97 Å². The molecule has 0 spiro atoms. The van der Waals surface area contributed by atoms with Crippen molar-refractivity contribution >= 4 is 5.97 Å². The summed E-state index contributed by atoms with van der Waals surface area (Å²) in [4.78, 5) is 19.7. The molecule has 1 N–H and O–H groups in total. The molecular formula is C15H16N2O2. The minimum atomic E-state index is -0.975. The summed E-state index contributed by atoms with van der Waals surface area (Å²) in [6, 6.07) is 8.05. The second kappa shape index (κ2) is 5.18. The molecule has 0 atom stereocenters. The van der Waals surface area contributed by atoms with E-state index in [2.05, 4.69) is 9.97 Å². The first-order valence-corrected chi connectivity index (χ1v) is 6.11. The SMILES string of the molecule is Cc1ccccc1Cc1nc(C)c(C(=O)O)c(C)n1. The van der Waals surface area contributed by atoms with Crippen LogP contribution in [0.1, 0.15) is 38.7 Å². The molecule has 1 aromatic carbocycles. The molecule has 0 fully saturated rings. The number of carboxylic acids is 1. The Morgan fingerprint density at radius 2 is 1.68 bits per heavy atom. The highest BCUT2D eigenvalue weighted by Crippen LogP contribution is 2.14. The number of carboxylic acid groups (broad SMARTS) is 1. The Hall–Kier alpha value is -2.23. The zero-order chi connectivity index (χ0) is 14.0. The van der Waals surface area contributed by atoms with Gasteiger partial charge in [-0.15, -0.1) is 0 Å². The highest BCUT2D eigenvalue weighted by atomic mass is 16.4. The predicted molar refractivity (Wildman–Crippen MR) is 72.5 cm³/mol. The fourth-order valence-electron chi connectivity index (χ4n) is 2.15. The van der Waals surface area contributed by atoms with Gasteiger partial charge in [0.05, 0.1) is 11.4 Å². The Morgan fingerprint density at radius 1 is 1.11 bits per heavy atom. The number of aromatic nitrogens is 2. The maximum Gasteiger partial charge on any atom is 0.339 e. The second-order valence-corrected chi connectivity index (χ2v) is 4.59. The highest BCUT2D eigenvalue weighted by Gasteiger charge is 2.15. The fourth-order valence-corrected chi connectivity index (χ4v) is 2.15. The van der Waals surface area contributed by atoms with Gasteiger partial charge >= 0.3 is 5.97 Å². The number of rotatable bonds is 3. The van der Waals surface area contributed by atoms with Crippen molar-refractivity contribution in [3.63, 3.8) is 0 Å². The van der Waals surface area contributed by atoms with Crippen LogP contribution in [0.25, 0.3) is 0 Å². The number of hydrogen-bond acceptors (Lipinski definition) is 3. The predicted octanol–water partition coefficient (Wildman–Crippen LogP) is 2.69. The van der Waals surface area contributed by atoms with Crippen LogP contribution in [-0.2, 0) is 6.42 Å². The Morgan fingerprint density at radius 3 is 2.21 bits per heavy atom. The molecule has 2 aromatic rings. The lowest BCUT2D eigenvalue weighted by atomic mass is 10.1. The summed E-state index contributed by atoms with van der Waals surface area (Å²) in [5.74, 6) is -0.313. The molecule has 0 radical (unpaired) electrons. The van der Waals surface area contributed by atoms with Gasteiger partial charge in [0.2, 0.25) is 0 Å². The highest BCUT2D eigenvalue weighted by molar-refractivity contribution is 5.89. The Labute approximate surface area is 112 Å².